The second-order valence-corrected chi connectivity index (χ2v) is 7.52. The Balaban J connectivity index is 1.47. The number of amides is 2. The molecule has 3 aromatic rings. The summed E-state index contributed by atoms with van der Waals surface area (Å²) in [6.45, 7) is 0. The average molecular weight is 408 g/mol. The van der Waals surface area contributed by atoms with Gasteiger partial charge in [-0.3, -0.25) is 9.59 Å². The van der Waals surface area contributed by atoms with Crippen LogP contribution in [0.2, 0.25) is 0 Å². The van der Waals surface area contributed by atoms with Crippen molar-refractivity contribution in [2.45, 2.75) is 11.7 Å². The second kappa shape index (κ2) is 7.92. The minimum Gasteiger partial charge on any atom is -0.497 e. The Hall–Kier alpha value is -3.39. The SMILES string of the molecule is COc1cccc(NC(=O)C[C@H]2SC(c3cc4ccccc4oc3=O)=NC2=O)c1. The second-order valence-electron chi connectivity index (χ2n) is 6.33. The number of thioether (sulfide) groups is 1. The van der Waals surface area contributed by atoms with E-state index in [2.05, 4.69) is 10.3 Å². The van der Waals surface area contributed by atoms with Gasteiger partial charge in [0.05, 0.1) is 12.7 Å². The highest BCUT2D eigenvalue weighted by molar-refractivity contribution is 8.16. The van der Waals surface area contributed by atoms with E-state index in [-0.39, 0.29) is 22.9 Å². The van der Waals surface area contributed by atoms with Gasteiger partial charge in [-0.1, -0.05) is 36.0 Å². The van der Waals surface area contributed by atoms with Crippen LogP contribution in [0.1, 0.15) is 12.0 Å². The van der Waals surface area contributed by atoms with Gasteiger partial charge in [-0.25, -0.2) is 9.79 Å². The van der Waals surface area contributed by atoms with Crippen LogP contribution < -0.4 is 15.7 Å². The van der Waals surface area contributed by atoms with E-state index in [4.69, 9.17) is 9.15 Å². The van der Waals surface area contributed by atoms with Gasteiger partial charge < -0.3 is 14.5 Å². The Morgan fingerprint density at radius 1 is 1.17 bits per heavy atom. The molecule has 2 aromatic carbocycles. The lowest BCUT2D eigenvalue weighted by Gasteiger charge is -2.09. The maximum atomic E-state index is 12.3. The van der Waals surface area contributed by atoms with Crippen LogP contribution in [-0.2, 0) is 9.59 Å². The zero-order valence-corrected chi connectivity index (χ0v) is 16.2. The maximum Gasteiger partial charge on any atom is 0.346 e. The van der Waals surface area contributed by atoms with E-state index in [1.54, 1.807) is 42.5 Å². The van der Waals surface area contributed by atoms with Gasteiger partial charge in [-0.15, -0.1) is 0 Å². The van der Waals surface area contributed by atoms with Crippen molar-refractivity contribution in [3.63, 3.8) is 0 Å². The van der Waals surface area contributed by atoms with E-state index in [0.29, 0.717) is 17.0 Å². The number of methoxy groups -OCH3 is 1. The number of nitrogens with zero attached hydrogens (tertiary/aromatic N) is 1. The number of ether oxygens (including phenoxy) is 1. The molecule has 29 heavy (non-hydrogen) atoms. The lowest BCUT2D eigenvalue weighted by Crippen LogP contribution is -2.21. The molecule has 8 heteroatoms. The van der Waals surface area contributed by atoms with Crippen molar-refractivity contribution >= 4 is 45.3 Å². The topological polar surface area (TPSA) is 98.0 Å². The molecule has 0 aliphatic carbocycles. The van der Waals surface area contributed by atoms with E-state index in [9.17, 15) is 14.4 Å². The fourth-order valence-electron chi connectivity index (χ4n) is 2.93. The monoisotopic (exact) mass is 408 g/mol. The molecule has 2 heterocycles. The largest absolute Gasteiger partial charge is 0.497 e. The molecule has 2 amide bonds. The fourth-order valence-corrected chi connectivity index (χ4v) is 4.00. The molecular formula is C21H16N2O5S. The van der Waals surface area contributed by atoms with Gasteiger partial charge in [0, 0.05) is 23.6 Å². The van der Waals surface area contributed by atoms with Crippen molar-refractivity contribution in [1.29, 1.82) is 0 Å². The van der Waals surface area contributed by atoms with E-state index in [1.165, 1.54) is 7.11 Å². The first kappa shape index (κ1) is 18.9. The highest BCUT2D eigenvalue weighted by Gasteiger charge is 2.32. The molecule has 1 atom stereocenters. The van der Waals surface area contributed by atoms with Crippen LogP contribution in [0, 0.1) is 0 Å². The molecule has 0 bridgehead atoms. The third kappa shape index (κ3) is 4.07. The molecule has 4 rings (SSSR count). The summed E-state index contributed by atoms with van der Waals surface area (Å²) in [5, 5.41) is 3.05. The van der Waals surface area contributed by atoms with Gasteiger partial charge >= 0.3 is 5.63 Å². The molecule has 0 spiro atoms. The summed E-state index contributed by atoms with van der Waals surface area (Å²) >= 11 is 1.10. The molecule has 0 unspecified atom stereocenters. The fraction of sp³-hybridized carbons (Fsp3) is 0.143. The summed E-state index contributed by atoms with van der Waals surface area (Å²) in [5.74, 6) is -0.160. The molecule has 1 aliphatic heterocycles. The number of hydrogen-bond donors (Lipinski definition) is 1. The number of hydrogen-bond acceptors (Lipinski definition) is 6. The van der Waals surface area contributed by atoms with Gasteiger partial charge in [0.25, 0.3) is 5.91 Å². The zero-order chi connectivity index (χ0) is 20.4. The normalized spacial score (nSPS) is 16.0. The minimum absolute atomic E-state index is 0.0629. The van der Waals surface area contributed by atoms with Crippen LogP contribution in [0.5, 0.6) is 5.75 Å². The van der Waals surface area contributed by atoms with Gasteiger partial charge in [-0.05, 0) is 24.3 Å². The number of nitrogens with one attached hydrogen (secondary N) is 1. The lowest BCUT2D eigenvalue weighted by molar-refractivity contribution is -0.121. The van der Waals surface area contributed by atoms with Crippen molar-refractivity contribution < 1.29 is 18.7 Å². The Morgan fingerprint density at radius 2 is 2.00 bits per heavy atom. The number of benzene rings is 2. The Bertz CT molecular complexity index is 1200. The first-order chi connectivity index (χ1) is 14.0. The van der Waals surface area contributed by atoms with Crippen molar-refractivity contribution in [3.05, 3.63) is 70.6 Å². The highest BCUT2D eigenvalue weighted by Crippen LogP contribution is 2.29. The molecular weight excluding hydrogens is 392 g/mol. The van der Waals surface area contributed by atoms with Gasteiger partial charge in [0.2, 0.25) is 5.91 Å². The zero-order valence-electron chi connectivity index (χ0n) is 15.4. The molecule has 1 aliphatic rings. The van der Waals surface area contributed by atoms with Crippen molar-refractivity contribution in [1.82, 2.24) is 0 Å². The number of carbonyl (C=O) groups excluding carboxylic acids is 2. The molecule has 146 valence electrons. The minimum atomic E-state index is -0.693. The van der Waals surface area contributed by atoms with Gasteiger partial charge in [0.15, 0.2) is 0 Å². The summed E-state index contributed by atoms with van der Waals surface area (Å²) in [4.78, 5) is 40.9. The summed E-state index contributed by atoms with van der Waals surface area (Å²) in [7, 11) is 1.54. The quantitative estimate of drug-likeness (QED) is 0.651. The van der Waals surface area contributed by atoms with Crippen LogP contribution in [0.3, 0.4) is 0 Å². The molecule has 7 nitrogen and oxygen atoms in total. The van der Waals surface area contributed by atoms with Crippen LogP contribution in [0.15, 0.2) is 68.8 Å². The van der Waals surface area contributed by atoms with Crippen molar-refractivity contribution in [2.75, 3.05) is 12.4 Å². The predicted octanol–water partition coefficient (Wildman–Crippen LogP) is 3.22. The average Bonchev–Trinajstić information content (AvgIpc) is 3.07. The first-order valence-electron chi connectivity index (χ1n) is 8.80. The number of fused-ring (bicyclic) bond motifs is 1. The van der Waals surface area contributed by atoms with E-state index < -0.39 is 16.8 Å². The Kier molecular flexibility index (Phi) is 5.18. The number of anilines is 1. The summed E-state index contributed by atoms with van der Waals surface area (Å²) in [6.07, 6.45) is -0.0629. The van der Waals surface area contributed by atoms with Crippen molar-refractivity contribution in [2.24, 2.45) is 4.99 Å². The van der Waals surface area contributed by atoms with Crippen molar-refractivity contribution in [3.8, 4) is 5.75 Å². The van der Waals surface area contributed by atoms with Crippen LogP contribution in [0.25, 0.3) is 11.0 Å². The summed E-state index contributed by atoms with van der Waals surface area (Å²) in [5.41, 5.74) is 0.688. The van der Waals surface area contributed by atoms with Crippen LogP contribution >= 0.6 is 11.8 Å². The van der Waals surface area contributed by atoms with Gasteiger partial charge in [0.1, 0.15) is 21.6 Å². The number of aliphatic imine (C=N–C) groups is 1. The Labute approximate surface area is 169 Å². The van der Waals surface area contributed by atoms with Gasteiger partial charge in [-0.2, -0.15) is 0 Å². The third-order valence-corrected chi connectivity index (χ3v) is 5.52. The Morgan fingerprint density at radius 3 is 2.83 bits per heavy atom. The standard InChI is InChI=1S/C21H16N2O5S/c1-27-14-7-4-6-13(10-14)22-18(24)11-17-19(25)23-20(29-17)15-9-12-5-2-3-8-16(12)28-21(15)26/h2-10,17H,11H2,1H3,(H,22,24)/t17-/m1/s1. The third-order valence-electron chi connectivity index (χ3n) is 4.34. The molecule has 0 radical (unpaired) electrons. The molecule has 0 saturated carbocycles. The van der Waals surface area contributed by atoms with Crippen LogP contribution in [0.4, 0.5) is 5.69 Å². The smallest absolute Gasteiger partial charge is 0.346 e. The number of rotatable bonds is 5. The molecule has 0 fully saturated rings. The molecule has 0 saturated heterocycles. The molecule has 1 aromatic heterocycles. The van der Waals surface area contributed by atoms with Crippen LogP contribution in [-0.4, -0.2) is 29.2 Å². The van der Waals surface area contributed by atoms with E-state index in [1.807, 2.05) is 12.1 Å². The predicted molar refractivity (Wildman–Crippen MR) is 112 cm³/mol. The highest BCUT2D eigenvalue weighted by atomic mass is 32.2. The summed E-state index contributed by atoms with van der Waals surface area (Å²) in [6, 6.07) is 15.7. The lowest BCUT2D eigenvalue weighted by atomic mass is 10.2. The van der Waals surface area contributed by atoms with E-state index in [0.717, 1.165) is 17.1 Å². The number of carbonyl (C=O) groups is 2. The first-order valence-corrected chi connectivity index (χ1v) is 9.68. The maximum absolute atomic E-state index is 12.3. The molecule has 1 N–H and O–H groups in total. The summed E-state index contributed by atoms with van der Waals surface area (Å²) < 4.78 is 10.4. The number of para-hydroxylation sites is 1. The van der Waals surface area contributed by atoms with E-state index >= 15 is 0 Å².